The van der Waals surface area contributed by atoms with E-state index in [0.717, 1.165) is 29.2 Å². The number of amides is 2. The second-order valence-corrected chi connectivity index (χ2v) is 7.66. The molecule has 1 aromatic heterocycles. The van der Waals surface area contributed by atoms with E-state index in [1.54, 1.807) is 11.3 Å². The van der Waals surface area contributed by atoms with E-state index in [2.05, 4.69) is 0 Å². The lowest BCUT2D eigenvalue weighted by atomic mass is 10.1. The predicted molar refractivity (Wildman–Crippen MR) is 107 cm³/mol. The van der Waals surface area contributed by atoms with Crippen LogP contribution in [0.25, 0.3) is 0 Å². The summed E-state index contributed by atoms with van der Waals surface area (Å²) in [6.45, 7) is 5.22. The molecule has 2 aromatic rings. The normalized spacial score (nSPS) is 14.7. The summed E-state index contributed by atoms with van der Waals surface area (Å²) in [5, 5.41) is 1.99. The summed E-state index contributed by atoms with van der Waals surface area (Å²) in [5.41, 5.74) is 0.985. The number of benzene rings is 1. The Balaban J connectivity index is 1.50. The molecule has 1 aliphatic heterocycles. The number of thiophene rings is 1. The Kier molecular flexibility index (Phi) is 6.87. The summed E-state index contributed by atoms with van der Waals surface area (Å²) in [6, 6.07) is 11.7. The van der Waals surface area contributed by atoms with Crippen molar-refractivity contribution in [1.82, 2.24) is 9.80 Å². The molecule has 1 fully saturated rings. The van der Waals surface area contributed by atoms with E-state index in [-0.39, 0.29) is 11.8 Å². The average Bonchev–Trinajstić information content (AvgIpc) is 3.04. The van der Waals surface area contributed by atoms with Gasteiger partial charge in [0, 0.05) is 31.1 Å². The van der Waals surface area contributed by atoms with Gasteiger partial charge < -0.3 is 14.5 Å². The Labute approximate surface area is 164 Å². The van der Waals surface area contributed by atoms with Crippen molar-refractivity contribution in [3.63, 3.8) is 0 Å². The molecular weight excluding hydrogens is 360 g/mol. The van der Waals surface area contributed by atoms with E-state index in [9.17, 15) is 9.59 Å². The van der Waals surface area contributed by atoms with E-state index in [0.29, 0.717) is 39.1 Å². The van der Waals surface area contributed by atoms with E-state index < -0.39 is 0 Å². The molecule has 2 amide bonds. The third-order valence-electron chi connectivity index (χ3n) is 4.70. The third-order valence-corrected chi connectivity index (χ3v) is 5.57. The lowest BCUT2D eigenvalue weighted by Crippen LogP contribution is -2.38. The molecule has 1 aliphatic rings. The molecule has 1 saturated heterocycles. The number of rotatable bonds is 6. The molecule has 0 bridgehead atoms. The molecular formula is C21H26N2O3S. The Hall–Kier alpha value is -2.34. The molecule has 1 aromatic carbocycles. The van der Waals surface area contributed by atoms with Crippen molar-refractivity contribution in [3.8, 4) is 5.75 Å². The van der Waals surface area contributed by atoms with Crippen molar-refractivity contribution in [2.75, 3.05) is 32.8 Å². The quantitative estimate of drug-likeness (QED) is 0.767. The van der Waals surface area contributed by atoms with Gasteiger partial charge in [0.05, 0.1) is 19.4 Å². The highest BCUT2D eigenvalue weighted by molar-refractivity contribution is 7.10. The molecule has 5 nitrogen and oxygen atoms in total. The van der Waals surface area contributed by atoms with Crippen molar-refractivity contribution in [2.45, 2.75) is 26.2 Å². The first-order chi connectivity index (χ1) is 13.2. The van der Waals surface area contributed by atoms with Crippen molar-refractivity contribution < 1.29 is 14.3 Å². The lowest BCUT2D eigenvalue weighted by Gasteiger charge is -2.22. The monoisotopic (exact) mass is 386 g/mol. The Bertz CT molecular complexity index is 743. The first-order valence-corrected chi connectivity index (χ1v) is 10.3. The zero-order chi connectivity index (χ0) is 19.1. The van der Waals surface area contributed by atoms with Gasteiger partial charge in [0.1, 0.15) is 5.75 Å². The summed E-state index contributed by atoms with van der Waals surface area (Å²) >= 11 is 1.61. The second kappa shape index (κ2) is 9.55. The minimum absolute atomic E-state index is 0.117. The second-order valence-electron chi connectivity index (χ2n) is 6.63. The van der Waals surface area contributed by atoms with Crippen LogP contribution in [0.4, 0.5) is 0 Å². The first kappa shape index (κ1) is 19.4. The molecule has 0 atom stereocenters. The Morgan fingerprint density at radius 1 is 0.963 bits per heavy atom. The van der Waals surface area contributed by atoms with Crippen LogP contribution in [-0.2, 0) is 22.4 Å². The van der Waals surface area contributed by atoms with E-state index >= 15 is 0 Å². The summed E-state index contributed by atoms with van der Waals surface area (Å²) in [4.78, 5) is 30.0. The lowest BCUT2D eigenvalue weighted by molar-refractivity contribution is -0.132. The molecule has 144 valence electrons. The van der Waals surface area contributed by atoms with Crippen LogP contribution in [0, 0.1) is 0 Å². The van der Waals surface area contributed by atoms with Crippen molar-refractivity contribution in [2.24, 2.45) is 0 Å². The van der Waals surface area contributed by atoms with Crippen LogP contribution in [0.1, 0.15) is 23.8 Å². The number of hydrogen-bond donors (Lipinski definition) is 0. The van der Waals surface area contributed by atoms with Crippen molar-refractivity contribution in [1.29, 1.82) is 0 Å². The standard InChI is InChI=1S/C21H26N2O3S/c1-2-26-18-8-6-17(7-9-18)15-20(24)22-10-4-11-23(13-12-22)21(25)16-19-5-3-14-27-19/h3,5-9,14H,2,4,10-13,15-16H2,1H3. The number of carbonyl (C=O) groups is 2. The predicted octanol–water partition coefficient (Wildman–Crippen LogP) is 2.99. The molecule has 6 heteroatoms. The smallest absolute Gasteiger partial charge is 0.227 e. The van der Waals surface area contributed by atoms with Gasteiger partial charge in [-0.2, -0.15) is 0 Å². The summed E-state index contributed by atoms with van der Waals surface area (Å²) in [7, 11) is 0. The Morgan fingerprint density at radius 3 is 2.22 bits per heavy atom. The largest absolute Gasteiger partial charge is 0.494 e. The maximum absolute atomic E-state index is 12.7. The maximum Gasteiger partial charge on any atom is 0.227 e. The average molecular weight is 387 g/mol. The minimum Gasteiger partial charge on any atom is -0.494 e. The molecule has 0 N–H and O–H groups in total. The summed E-state index contributed by atoms with van der Waals surface area (Å²) in [5.74, 6) is 1.09. The fourth-order valence-electron chi connectivity index (χ4n) is 3.25. The van der Waals surface area contributed by atoms with Gasteiger partial charge in [0.25, 0.3) is 0 Å². The van der Waals surface area contributed by atoms with Crippen LogP contribution in [0.15, 0.2) is 41.8 Å². The Morgan fingerprint density at radius 2 is 1.63 bits per heavy atom. The fourth-order valence-corrected chi connectivity index (χ4v) is 3.94. The van der Waals surface area contributed by atoms with Gasteiger partial charge in [-0.1, -0.05) is 18.2 Å². The molecule has 0 radical (unpaired) electrons. The van der Waals surface area contributed by atoms with Crippen LogP contribution in [0.5, 0.6) is 5.75 Å². The van der Waals surface area contributed by atoms with E-state index in [1.807, 2.05) is 58.5 Å². The van der Waals surface area contributed by atoms with Crippen LogP contribution >= 0.6 is 11.3 Å². The number of ether oxygens (including phenoxy) is 1. The molecule has 0 unspecified atom stereocenters. The molecule has 0 saturated carbocycles. The fraction of sp³-hybridized carbons (Fsp3) is 0.429. The zero-order valence-electron chi connectivity index (χ0n) is 15.7. The van der Waals surface area contributed by atoms with Crippen molar-refractivity contribution >= 4 is 23.2 Å². The van der Waals surface area contributed by atoms with Gasteiger partial charge >= 0.3 is 0 Å². The number of hydrogen-bond acceptors (Lipinski definition) is 4. The maximum atomic E-state index is 12.7. The summed E-state index contributed by atoms with van der Waals surface area (Å²) in [6.07, 6.45) is 1.67. The van der Waals surface area contributed by atoms with Crippen LogP contribution in [-0.4, -0.2) is 54.4 Å². The molecule has 27 heavy (non-hydrogen) atoms. The highest BCUT2D eigenvalue weighted by Gasteiger charge is 2.22. The highest BCUT2D eigenvalue weighted by atomic mass is 32.1. The van der Waals surface area contributed by atoms with E-state index in [4.69, 9.17) is 4.74 Å². The number of carbonyl (C=O) groups excluding carboxylic acids is 2. The molecule has 0 spiro atoms. The molecule has 3 rings (SSSR count). The molecule has 0 aliphatic carbocycles. The SMILES string of the molecule is CCOc1ccc(CC(=O)N2CCCN(C(=O)Cc3cccs3)CC2)cc1. The van der Waals surface area contributed by atoms with Gasteiger partial charge in [-0.3, -0.25) is 9.59 Å². The van der Waals surface area contributed by atoms with Gasteiger partial charge in [0.2, 0.25) is 11.8 Å². The van der Waals surface area contributed by atoms with Crippen LogP contribution < -0.4 is 4.74 Å². The third kappa shape index (κ3) is 5.57. The van der Waals surface area contributed by atoms with Gasteiger partial charge in [-0.25, -0.2) is 0 Å². The highest BCUT2D eigenvalue weighted by Crippen LogP contribution is 2.15. The van der Waals surface area contributed by atoms with Crippen LogP contribution in [0.3, 0.4) is 0 Å². The molecule has 2 heterocycles. The first-order valence-electron chi connectivity index (χ1n) is 9.45. The van der Waals surface area contributed by atoms with Gasteiger partial charge in [-0.15, -0.1) is 11.3 Å². The number of nitrogens with zero attached hydrogens (tertiary/aromatic N) is 2. The minimum atomic E-state index is 0.117. The zero-order valence-corrected chi connectivity index (χ0v) is 16.5. The van der Waals surface area contributed by atoms with Crippen molar-refractivity contribution in [3.05, 3.63) is 52.2 Å². The van der Waals surface area contributed by atoms with E-state index in [1.165, 1.54) is 0 Å². The summed E-state index contributed by atoms with van der Waals surface area (Å²) < 4.78 is 5.44. The van der Waals surface area contributed by atoms with Crippen LogP contribution in [0.2, 0.25) is 0 Å². The topological polar surface area (TPSA) is 49.9 Å². The van der Waals surface area contributed by atoms with Gasteiger partial charge in [-0.05, 0) is 42.5 Å². The van der Waals surface area contributed by atoms with Gasteiger partial charge in [0.15, 0.2) is 0 Å².